The zero-order chi connectivity index (χ0) is 9.84. The Balaban J connectivity index is 2.20. The maximum Gasteiger partial charge on any atom is 0.0597 e. The Bertz CT molecular complexity index is 146. The highest BCUT2D eigenvalue weighted by molar-refractivity contribution is 4.85. The molecule has 0 spiro atoms. The van der Waals surface area contributed by atoms with E-state index in [-0.39, 0.29) is 12.6 Å². The normalized spacial score (nSPS) is 19.8. The van der Waals surface area contributed by atoms with Gasteiger partial charge in [0.2, 0.25) is 0 Å². The van der Waals surface area contributed by atoms with E-state index < -0.39 is 0 Å². The summed E-state index contributed by atoms with van der Waals surface area (Å²) in [7, 11) is 2.10. The standard InChI is InChI=1S/C10H22N2O/c1-8(2)12(3)6-10(7-13)11-9-4-5-9/h8-11,13H,4-7H2,1-3H3. The van der Waals surface area contributed by atoms with Gasteiger partial charge in [-0.25, -0.2) is 0 Å². The molecule has 0 aromatic carbocycles. The molecule has 1 saturated carbocycles. The molecule has 2 N–H and O–H groups in total. The molecule has 1 rings (SSSR count). The quantitative estimate of drug-likeness (QED) is 0.632. The fourth-order valence-corrected chi connectivity index (χ4v) is 1.30. The van der Waals surface area contributed by atoms with Crippen molar-refractivity contribution >= 4 is 0 Å². The van der Waals surface area contributed by atoms with Crippen LogP contribution in [0, 0.1) is 0 Å². The molecule has 1 unspecified atom stereocenters. The third-order valence-electron chi connectivity index (χ3n) is 2.66. The fourth-order valence-electron chi connectivity index (χ4n) is 1.30. The largest absolute Gasteiger partial charge is 0.395 e. The molecular weight excluding hydrogens is 164 g/mol. The van der Waals surface area contributed by atoms with Gasteiger partial charge in [0.25, 0.3) is 0 Å². The lowest BCUT2D eigenvalue weighted by Crippen LogP contribution is -2.45. The minimum absolute atomic E-state index is 0.244. The van der Waals surface area contributed by atoms with E-state index in [2.05, 4.69) is 31.1 Å². The Morgan fingerprint density at radius 1 is 1.46 bits per heavy atom. The molecule has 0 aromatic heterocycles. The number of aliphatic hydroxyl groups is 1. The van der Waals surface area contributed by atoms with Crippen LogP contribution in [0.1, 0.15) is 26.7 Å². The van der Waals surface area contributed by atoms with E-state index in [9.17, 15) is 0 Å². The Morgan fingerprint density at radius 2 is 2.08 bits per heavy atom. The summed E-state index contributed by atoms with van der Waals surface area (Å²) in [4.78, 5) is 2.26. The van der Waals surface area contributed by atoms with Gasteiger partial charge in [0.1, 0.15) is 0 Å². The van der Waals surface area contributed by atoms with Gasteiger partial charge in [0.15, 0.2) is 0 Å². The van der Waals surface area contributed by atoms with Crippen LogP contribution in [0.5, 0.6) is 0 Å². The van der Waals surface area contributed by atoms with Crippen LogP contribution in [0.3, 0.4) is 0 Å². The Morgan fingerprint density at radius 3 is 2.46 bits per heavy atom. The highest BCUT2D eigenvalue weighted by Crippen LogP contribution is 2.19. The van der Waals surface area contributed by atoms with Gasteiger partial charge in [-0.1, -0.05) is 0 Å². The van der Waals surface area contributed by atoms with Gasteiger partial charge in [-0.15, -0.1) is 0 Å². The van der Waals surface area contributed by atoms with Crippen LogP contribution in [0.15, 0.2) is 0 Å². The van der Waals surface area contributed by atoms with Crippen LogP contribution >= 0.6 is 0 Å². The smallest absolute Gasteiger partial charge is 0.0597 e. The fraction of sp³-hybridized carbons (Fsp3) is 1.00. The van der Waals surface area contributed by atoms with Crippen molar-refractivity contribution in [2.75, 3.05) is 20.2 Å². The lowest BCUT2D eigenvalue weighted by molar-refractivity contribution is 0.179. The molecule has 0 saturated heterocycles. The van der Waals surface area contributed by atoms with Gasteiger partial charge in [-0.3, -0.25) is 0 Å². The lowest BCUT2D eigenvalue weighted by atomic mass is 10.2. The molecule has 1 aliphatic rings. The summed E-state index contributed by atoms with van der Waals surface area (Å²) in [5, 5.41) is 12.6. The van der Waals surface area contributed by atoms with E-state index in [0.29, 0.717) is 12.1 Å². The lowest BCUT2D eigenvalue weighted by Gasteiger charge is -2.26. The molecule has 13 heavy (non-hydrogen) atoms. The zero-order valence-corrected chi connectivity index (χ0v) is 8.95. The van der Waals surface area contributed by atoms with E-state index >= 15 is 0 Å². The molecule has 3 heteroatoms. The molecule has 0 radical (unpaired) electrons. The van der Waals surface area contributed by atoms with Crippen LogP contribution < -0.4 is 5.32 Å². The van der Waals surface area contributed by atoms with Gasteiger partial charge < -0.3 is 15.3 Å². The first-order valence-electron chi connectivity index (χ1n) is 5.20. The highest BCUT2D eigenvalue weighted by Gasteiger charge is 2.24. The van der Waals surface area contributed by atoms with E-state index in [1.165, 1.54) is 12.8 Å². The second-order valence-corrected chi connectivity index (χ2v) is 4.35. The molecule has 1 aliphatic carbocycles. The van der Waals surface area contributed by atoms with Crippen molar-refractivity contribution in [3.05, 3.63) is 0 Å². The van der Waals surface area contributed by atoms with Gasteiger partial charge in [0.05, 0.1) is 6.61 Å². The van der Waals surface area contributed by atoms with Crippen molar-refractivity contribution < 1.29 is 5.11 Å². The predicted octanol–water partition coefficient (Wildman–Crippen LogP) is 0.439. The van der Waals surface area contributed by atoms with E-state index in [1.54, 1.807) is 0 Å². The van der Waals surface area contributed by atoms with Crippen molar-refractivity contribution in [2.45, 2.75) is 44.8 Å². The summed E-state index contributed by atoms with van der Waals surface area (Å²) >= 11 is 0. The summed E-state index contributed by atoms with van der Waals surface area (Å²) < 4.78 is 0. The van der Waals surface area contributed by atoms with E-state index in [4.69, 9.17) is 5.11 Å². The third-order valence-corrected chi connectivity index (χ3v) is 2.66. The molecule has 0 amide bonds. The SMILES string of the molecule is CC(C)N(C)CC(CO)NC1CC1. The number of nitrogens with zero attached hydrogens (tertiary/aromatic N) is 1. The first-order valence-corrected chi connectivity index (χ1v) is 5.20. The third kappa shape index (κ3) is 4.07. The average Bonchev–Trinajstić information content (AvgIpc) is 2.86. The summed E-state index contributed by atoms with van der Waals surface area (Å²) in [5.41, 5.74) is 0. The predicted molar refractivity (Wildman–Crippen MR) is 54.8 cm³/mol. The number of nitrogens with one attached hydrogen (secondary N) is 1. The topological polar surface area (TPSA) is 35.5 Å². The summed E-state index contributed by atoms with van der Waals surface area (Å²) in [6.45, 7) is 5.52. The molecule has 0 bridgehead atoms. The number of hydrogen-bond donors (Lipinski definition) is 2. The molecule has 0 aliphatic heterocycles. The summed E-state index contributed by atoms with van der Waals surface area (Å²) in [5.74, 6) is 0. The van der Waals surface area contributed by atoms with Gasteiger partial charge in [-0.05, 0) is 33.7 Å². The van der Waals surface area contributed by atoms with Crippen LogP contribution in [-0.4, -0.2) is 48.3 Å². The highest BCUT2D eigenvalue weighted by atomic mass is 16.3. The van der Waals surface area contributed by atoms with Gasteiger partial charge in [0, 0.05) is 24.7 Å². The van der Waals surface area contributed by atoms with Crippen LogP contribution in [0.25, 0.3) is 0 Å². The maximum atomic E-state index is 9.14. The summed E-state index contributed by atoms with van der Waals surface area (Å²) in [6, 6.07) is 1.48. The molecule has 1 fully saturated rings. The van der Waals surface area contributed by atoms with Crippen molar-refractivity contribution in [2.24, 2.45) is 0 Å². The second kappa shape index (κ2) is 4.94. The molecule has 0 aromatic rings. The molecule has 0 heterocycles. The molecule has 78 valence electrons. The molecular formula is C10H22N2O. The van der Waals surface area contributed by atoms with Crippen LogP contribution in [0.2, 0.25) is 0 Å². The molecule has 3 nitrogen and oxygen atoms in total. The second-order valence-electron chi connectivity index (χ2n) is 4.35. The van der Waals surface area contributed by atoms with Crippen molar-refractivity contribution in [1.29, 1.82) is 0 Å². The van der Waals surface area contributed by atoms with Crippen LogP contribution in [-0.2, 0) is 0 Å². The van der Waals surface area contributed by atoms with E-state index in [1.807, 2.05) is 0 Å². The maximum absolute atomic E-state index is 9.14. The Hall–Kier alpha value is -0.120. The van der Waals surface area contributed by atoms with Crippen molar-refractivity contribution in [3.63, 3.8) is 0 Å². The Labute approximate surface area is 81.1 Å². The van der Waals surface area contributed by atoms with E-state index in [0.717, 1.165) is 6.54 Å². The number of aliphatic hydroxyl groups excluding tert-OH is 1. The Kier molecular flexibility index (Phi) is 4.16. The van der Waals surface area contributed by atoms with Gasteiger partial charge in [-0.2, -0.15) is 0 Å². The zero-order valence-electron chi connectivity index (χ0n) is 8.95. The first kappa shape index (κ1) is 11.0. The minimum Gasteiger partial charge on any atom is -0.395 e. The average molecular weight is 186 g/mol. The number of likely N-dealkylation sites (N-methyl/N-ethyl adjacent to an activating group) is 1. The van der Waals surface area contributed by atoms with Gasteiger partial charge >= 0.3 is 0 Å². The van der Waals surface area contributed by atoms with Crippen LogP contribution in [0.4, 0.5) is 0 Å². The summed E-state index contributed by atoms with van der Waals surface area (Å²) in [6.07, 6.45) is 2.56. The van der Waals surface area contributed by atoms with Crippen molar-refractivity contribution in [3.8, 4) is 0 Å². The minimum atomic E-state index is 0.244. The monoisotopic (exact) mass is 186 g/mol. The first-order chi connectivity index (χ1) is 6.13. The molecule has 1 atom stereocenters. The number of hydrogen-bond acceptors (Lipinski definition) is 3. The van der Waals surface area contributed by atoms with Crippen molar-refractivity contribution in [1.82, 2.24) is 10.2 Å². The number of rotatable bonds is 6.